The van der Waals surface area contributed by atoms with Crippen LogP contribution in [0.15, 0.2) is 53.5 Å². The fourth-order valence-corrected chi connectivity index (χ4v) is 4.85. The van der Waals surface area contributed by atoms with Crippen molar-refractivity contribution in [1.82, 2.24) is 24.2 Å². The van der Waals surface area contributed by atoms with E-state index in [9.17, 15) is 14.0 Å². The van der Waals surface area contributed by atoms with Crippen molar-refractivity contribution in [3.63, 3.8) is 0 Å². The van der Waals surface area contributed by atoms with Crippen LogP contribution in [0.3, 0.4) is 0 Å². The lowest BCUT2D eigenvalue weighted by Crippen LogP contribution is -2.39. The van der Waals surface area contributed by atoms with Crippen molar-refractivity contribution in [2.45, 2.75) is 26.3 Å². The van der Waals surface area contributed by atoms with Gasteiger partial charge in [-0.15, -0.1) is 0 Å². The maximum atomic E-state index is 14.3. The molecule has 1 aromatic carbocycles. The Morgan fingerprint density at radius 1 is 1.13 bits per heavy atom. The average Bonchev–Trinajstić information content (AvgIpc) is 2.92. The van der Waals surface area contributed by atoms with Gasteiger partial charge in [0.2, 0.25) is 0 Å². The Hall–Kier alpha value is -3.89. The third-order valence-electron chi connectivity index (χ3n) is 6.98. The standard InChI is InChI=1S/C28H31FN6O3/c1-19-6-4-12-35-25(19)32-26-22(28(35)37)18-21(27(36)31-10-5-11-33-14-16-38-17-15-33)24(30)34(26)13-9-20-7-2-3-8-23(20)29/h2-4,6-8,12,18,30H,5,9-11,13-17H2,1H3,(H,31,36). The number of ether oxygens (including phenoxy) is 1. The number of nitrogens with zero attached hydrogens (tertiary/aromatic N) is 4. The highest BCUT2D eigenvalue weighted by Crippen LogP contribution is 2.15. The second kappa shape index (κ2) is 11.2. The highest BCUT2D eigenvalue weighted by atomic mass is 19.1. The number of pyridine rings is 2. The number of benzene rings is 1. The Morgan fingerprint density at radius 2 is 1.92 bits per heavy atom. The van der Waals surface area contributed by atoms with Crippen molar-refractivity contribution in [2.75, 3.05) is 39.4 Å². The first-order chi connectivity index (χ1) is 18.4. The molecule has 4 aromatic rings. The number of hydrogen-bond donors (Lipinski definition) is 2. The number of aryl methyl sites for hydroxylation is 3. The van der Waals surface area contributed by atoms with Crippen LogP contribution in [0.5, 0.6) is 0 Å². The maximum Gasteiger partial charge on any atom is 0.267 e. The third kappa shape index (κ3) is 5.23. The van der Waals surface area contributed by atoms with Crippen LogP contribution in [0.2, 0.25) is 0 Å². The van der Waals surface area contributed by atoms with Gasteiger partial charge in [0.1, 0.15) is 22.6 Å². The van der Waals surface area contributed by atoms with Gasteiger partial charge in [-0.05, 0) is 55.6 Å². The summed E-state index contributed by atoms with van der Waals surface area (Å²) in [6.45, 7) is 6.52. The van der Waals surface area contributed by atoms with Crippen LogP contribution >= 0.6 is 0 Å². The summed E-state index contributed by atoms with van der Waals surface area (Å²) in [6, 6.07) is 11.5. The number of fused-ring (bicyclic) bond motifs is 2. The van der Waals surface area contributed by atoms with E-state index in [1.165, 1.54) is 21.1 Å². The third-order valence-corrected chi connectivity index (χ3v) is 6.98. The summed E-state index contributed by atoms with van der Waals surface area (Å²) in [4.78, 5) is 33.7. The van der Waals surface area contributed by atoms with Crippen LogP contribution in [-0.4, -0.2) is 64.2 Å². The molecule has 0 spiro atoms. The van der Waals surface area contributed by atoms with Crippen molar-refractivity contribution >= 4 is 22.6 Å². The fourth-order valence-electron chi connectivity index (χ4n) is 4.85. The number of hydrogen-bond acceptors (Lipinski definition) is 6. The van der Waals surface area contributed by atoms with Crippen molar-refractivity contribution in [2.24, 2.45) is 0 Å². The first kappa shape index (κ1) is 25.7. The van der Waals surface area contributed by atoms with Crippen molar-refractivity contribution in [3.05, 3.63) is 87.0 Å². The minimum absolute atomic E-state index is 0.0654. The molecule has 198 valence electrons. The van der Waals surface area contributed by atoms with Gasteiger partial charge in [-0.2, -0.15) is 0 Å². The molecule has 9 nitrogen and oxygen atoms in total. The molecule has 0 aliphatic carbocycles. The Balaban J connectivity index is 1.49. The maximum absolute atomic E-state index is 14.3. The number of halogens is 1. The number of carbonyl (C=O) groups excluding carboxylic acids is 1. The highest BCUT2D eigenvalue weighted by molar-refractivity contribution is 5.96. The molecule has 10 heteroatoms. The molecule has 1 fully saturated rings. The van der Waals surface area contributed by atoms with Crippen molar-refractivity contribution in [3.8, 4) is 0 Å². The summed E-state index contributed by atoms with van der Waals surface area (Å²) in [7, 11) is 0. The van der Waals surface area contributed by atoms with E-state index >= 15 is 0 Å². The summed E-state index contributed by atoms with van der Waals surface area (Å²) >= 11 is 0. The number of amides is 1. The molecule has 0 bridgehead atoms. The molecular formula is C28H31FN6O3. The normalized spacial score (nSPS) is 14.3. The van der Waals surface area contributed by atoms with Gasteiger partial charge in [-0.3, -0.25) is 24.3 Å². The molecular weight excluding hydrogens is 487 g/mol. The lowest BCUT2D eigenvalue weighted by atomic mass is 10.1. The number of rotatable bonds is 8. The average molecular weight is 519 g/mol. The van der Waals surface area contributed by atoms with Crippen LogP contribution in [0.25, 0.3) is 16.7 Å². The lowest BCUT2D eigenvalue weighted by molar-refractivity contribution is 0.0374. The summed E-state index contributed by atoms with van der Waals surface area (Å²) in [5.41, 5.74) is 1.77. The smallest absolute Gasteiger partial charge is 0.267 e. The van der Waals surface area contributed by atoms with Crippen LogP contribution in [0, 0.1) is 18.2 Å². The number of nitrogens with one attached hydrogen (secondary N) is 2. The van der Waals surface area contributed by atoms with E-state index in [1.807, 2.05) is 13.0 Å². The van der Waals surface area contributed by atoms with Gasteiger partial charge in [0.15, 0.2) is 0 Å². The molecule has 0 unspecified atom stereocenters. The predicted octanol–water partition coefficient (Wildman–Crippen LogP) is 2.27. The molecule has 2 N–H and O–H groups in total. The van der Waals surface area contributed by atoms with Crippen LogP contribution in [-0.2, 0) is 17.7 Å². The van der Waals surface area contributed by atoms with E-state index in [1.54, 1.807) is 30.5 Å². The SMILES string of the molecule is Cc1cccn2c(=O)c3cc(C(=O)NCCCN4CCOCC4)c(=N)n(CCc4ccccc4F)c3nc12. The van der Waals surface area contributed by atoms with Gasteiger partial charge in [0, 0.05) is 32.4 Å². The van der Waals surface area contributed by atoms with Crippen LogP contribution < -0.4 is 16.4 Å². The molecule has 3 aromatic heterocycles. The second-order valence-electron chi connectivity index (χ2n) is 9.50. The van der Waals surface area contributed by atoms with Gasteiger partial charge in [0.05, 0.1) is 24.2 Å². The first-order valence-electron chi connectivity index (χ1n) is 12.9. The lowest BCUT2D eigenvalue weighted by Gasteiger charge is -2.26. The van der Waals surface area contributed by atoms with Gasteiger partial charge >= 0.3 is 0 Å². The monoisotopic (exact) mass is 518 g/mol. The summed E-state index contributed by atoms with van der Waals surface area (Å²) in [5.74, 6) is -0.764. The summed E-state index contributed by atoms with van der Waals surface area (Å²) in [5, 5.41) is 12.0. The van der Waals surface area contributed by atoms with Crippen molar-refractivity contribution < 1.29 is 13.9 Å². The molecule has 0 radical (unpaired) electrons. The topological polar surface area (TPSA) is 105 Å². The Labute approximate surface area is 219 Å². The molecule has 1 aliphatic heterocycles. The van der Waals surface area contributed by atoms with Crippen LogP contribution in [0.4, 0.5) is 4.39 Å². The van der Waals surface area contributed by atoms with Gasteiger partial charge < -0.3 is 14.6 Å². The van der Waals surface area contributed by atoms with Gasteiger partial charge in [-0.1, -0.05) is 24.3 Å². The second-order valence-corrected chi connectivity index (χ2v) is 9.50. The van der Waals surface area contributed by atoms with E-state index < -0.39 is 5.91 Å². The predicted molar refractivity (Wildman–Crippen MR) is 142 cm³/mol. The fraction of sp³-hybridized carbons (Fsp3) is 0.357. The molecule has 1 amide bonds. The summed E-state index contributed by atoms with van der Waals surface area (Å²) < 4.78 is 22.7. The Kier molecular flexibility index (Phi) is 7.62. The van der Waals surface area contributed by atoms with E-state index in [0.29, 0.717) is 23.4 Å². The van der Waals surface area contributed by atoms with Gasteiger partial charge in [0.25, 0.3) is 11.5 Å². The zero-order valence-electron chi connectivity index (χ0n) is 21.4. The molecule has 1 saturated heterocycles. The quantitative estimate of drug-likeness (QED) is 0.275. The minimum atomic E-state index is -0.424. The Morgan fingerprint density at radius 3 is 2.71 bits per heavy atom. The molecule has 1 aliphatic rings. The molecule has 4 heterocycles. The van der Waals surface area contributed by atoms with Gasteiger partial charge in [-0.25, -0.2) is 9.37 Å². The zero-order valence-corrected chi connectivity index (χ0v) is 21.4. The number of carbonyl (C=O) groups is 1. The Bertz CT molecular complexity index is 1610. The van der Waals surface area contributed by atoms with Crippen molar-refractivity contribution in [1.29, 1.82) is 5.41 Å². The number of morpholine rings is 1. The highest BCUT2D eigenvalue weighted by Gasteiger charge is 2.18. The van der Waals surface area contributed by atoms with E-state index in [2.05, 4.69) is 10.2 Å². The zero-order chi connectivity index (χ0) is 26.6. The molecule has 0 atom stereocenters. The largest absolute Gasteiger partial charge is 0.379 e. The van der Waals surface area contributed by atoms with Crippen LogP contribution in [0.1, 0.15) is 27.9 Å². The minimum Gasteiger partial charge on any atom is -0.379 e. The van der Waals surface area contributed by atoms with E-state index in [-0.39, 0.29) is 40.8 Å². The molecule has 0 saturated carbocycles. The van der Waals surface area contributed by atoms with E-state index in [4.69, 9.17) is 15.1 Å². The number of aromatic nitrogens is 3. The molecule has 5 rings (SSSR count). The van der Waals surface area contributed by atoms with E-state index in [0.717, 1.165) is 44.8 Å². The first-order valence-corrected chi connectivity index (χ1v) is 12.9. The molecule has 38 heavy (non-hydrogen) atoms. The summed E-state index contributed by atoms with van der Waals surface area (Å²) in [6.07, 6.45) is 2.67.